The number of anilines is 2. The van der Waals surface area contributed by atoms with Gasteiger partial charge in [-0.15, -0.1) is 0 Å². The number of carbonyl (C=O) groups is 4. The van der Waals surface area contributed by atoms with Gasteiger partial charge in [0.05, 0.1) is 45.3 Å². The molecule has 0 spiro atoms. The molecule has 288 valence electrons. The first-order valence-electron chi connectivity index (χ1n) is 17.5. The number of benzene rings is 3. The Labute approximate surface area is 318 Å². The third-order valence-electron chi connectivity index (χ3n) is 8.48. The molecule has 2 amide bonds. The molecular formula is C40H45ClN2O11. The van der Waals surface area contributed by atoms with Crippen LogP contribution in [0, 0.1) is 5.41 Å². The summed E-state index contributed by atoms with van der Waals surface area (Å²) in [5.41, 5.74) is 1.59. The van der Waals surface area contributed by atoms with Crippen molar-refractivity contribution in [2.75, 3.05) is 44.2 Å². The second kappa shape index (κ2) is 16.8. The molecule has 2 atom stereocenters. The Balaban J connectivity index is 1.54. The Bertz CT molecular complexity index is 2040. The summed E-state index contributed by atoms with van der Waals surface area (Å²) >= 11 is 6.56. The highest BCUT2D eigenvalue weighted by Gasteiger charge is 2.41. The standard InChI is InChI=1S/C40H45ClN2O11/c1-9-50-39(47)37-36(52-22(2)3)28-18-25(14-16-30(28)53-37)42-33(45)19-32-38(46)43(20-40(5,6)21-51-23(4)44)29-15-13-24(41)17-27(29)34(54-32)26-11-10-12-31(48-7)35(26)49-8/h10-18,22,32,34H,9,19-21H2,1-8H3,(H,42,45)/t32-,34-/m1/s1. The lowest BCUT2D eigenvalue weighted by atomic mass is 9.92. The van der Waals surface area contributed by atoms with Crippen molar-refractivity contribution in [3.05, 3.63) is 76.5 Å². The van der Waals surface area contributed by atoms with Crippen LogP contribution in [0.3, 0.4) is 0 Å². The average molecular weight is 765 g/mol. The lowest BCUT2D eigenvalue weighted by Crippen LogP contribution is -2.46. The Kier molecular flexibility index (Phi) is 12.4. The van der Waals surface area contributed by atoms with Crippen LogP contribution in [0.15, 0.2) is 59.0 Å². The summed E-state index contributed by atoms with van der Waals surface area (Å²) in [4.78, 5) is 54.5. The molecule has 1 aromatic heterocycles. The van der Waals surface area contributed by atoms with Crippen LogP contribution in [0.5, 0.6) is 17.2 Å². The minimum absolute atomic E-state index is 0.0328. The minimum atomic E-state index is -1.31. The molecule has 0 saturated heterocycles. The quantitative estimate of drug-likeness (QED) is 0.127. The maximum atomic E-state index is 14.6. The number of rotatable bonds is 14. The van der Waals surface area contributed by atoms with Gasteiger partial charge < -0.3 is 43.1 Å². The largest absolute Gasteiger partial charge is 0.493 e. The van der Waals surface area contributed by atoms with Gasteiger partial charge in [0.25, 0.3) is 11.7 Å². The summed E-state index contributed by atoms with van der Waals surface area (Å²) in [6.45, 7) is 10.6. The summed E-state index contributed by atoms with van der Waals surface area (Å²) in [5.74, 6) is -1.23. The third kappa shape index (κ3) is 8.91. The van der Waals surface area contributed by atoms with E-state index in [0.29, 0.717) is 50.0 Å². The second-order valence-electron chi connectivity index (χ2n) is 13.8. The van der Waals surface area contributed by atoms with Crippen molar-refractivity contribution in [1.82, 2.24) is 0 Å². The molecule has 2 heterocycles. The summed E-state index contributed by atoms with van der Waals surface area (Å²) in [6.07, 6.45) is -2.94. The van der Waals surface area contributed by atoms with Gasteiger partial charge in [-0.2, -0.15) is 0 Å². The highest BCUT2D eigenvalue weighted by atomic mass is 35.5. The van der Waals surface area contributed by atoms with Crippen molar-refractivity contribution in [3.8, 4) is 17.2 Å². The van der Waals surface area contributed by atoms with Gasteiger partial charge in [-0.05, 0) is 63.2 Å². The fourth-order valence-corrected chi connectivity index (χ4v) is 6.40. The number of halogens is 1. The number of hydrogen-bond donors (Lipinski definition) is 1. The predicted molar refractivity (Wildman–Crippen MR) is 202 cm³/mol. The molecule has 0 fully saturated rings. The highest BCUT2D eigenvalue weighted by Crippen LogP contribution is 2.46. The van der Waals surface area contributed by atoms with E-state index in [1.165, 1.54) is 21.1 Å². The fraction of sp³-hybridized carbons (Fsp3) is 0.400. The number of esters is 2. The van der Waals surface area contributed by atoms with Gasteiger partial charge in [0.15, 0.2) is 17.2 Å². The molecule has 1 N–H and O–H groups in total. The Hall–Kier alpha value is -5.27. The first-order chi connectivity index (χ1) is 25.7. The van der Waals surface area contributed by atoms with Crippen molar-refractivity contribution in [1.29, 1.82) is 0 Å². The van der Waals surface area contributed by atoms with Gasteiger partial charge in [-0.1, -0.05) is 37.6 Å². The number of furan rings is 1. The monoisotopic (exact) mass is 764 g/mol. The first kappa shape index (κ1) is 39.9. The molecule has 4 aromatic rings. The molecule has 0 saturated carbocycles. The third-order valence-corrected chi connectivity index (χ3v) is 8.72. The minimum Gasteiger partial charge on any atom is -0.493 e. The molecule has 14 heteroatoms. The van der Waals surface area contributed by atoms with Crippen LogP contribution in [0.25, 0.3) is 11.0 Å². The zero-order valence-corrected chi connectivity index (χ0v) is 32.3. The van der Waals surface area contributed by atoms with Crippen molar-refractivity contribution >= 4 is 57.7 Å². The number of nitrogens with zero attached hydrogens (tertiary/aromatic N) is 1. The van der Waals surface area contributed by atoms with E-state index in [1.54, 1.807) is 66.4 Å². The molecule has 0 bridgehead atoms. The topological polar surface area (TPSA) is 152 Å². The van der Waals surface area contributed by atoms with Crippen LogP contribution >= 0.6 is 11.6 Å². The summed E-state index contributed by atoms with van der Waals surface area (Å²) < 4.78 is 40.3. The van der Waals surface area contributed by atoms with Crippen molar-refractivity contribution in [3.63, 3.8) is 0 Å². The van der Waals surface area contributed by atoms with Crippen LogP contribution in [0.2, 0.25) is 5.02 Å². The number of fused-ring (bicyclic) bond motifs is 2. The molecule has 5 rings (SSSR count). The van der Waals surface area contributed by atoms with Crippen molar-refractivity contribution < 1.29 is 52.0 Å². The number of hydrogen-bond acceptors (Lipinski definition) is 11. The van der Waals surface area contributed by atoms with E-state index in [-0.39, 0.29) is 37.4 Å². The van der Waals surface area contributed by atoms with Crippen LogP contribution in [0.1, 0.15) is 75.7 Å². The number of amides is 2. The fourth-order valence-electron chi connectivity index (χ4n) is 6.21. The molecule has 54 heavy (non-hydrogen) atoms. The number of carbonyl (C=O) groups excluding carboxylic acids is 4. The van der Waals surface area contributed by atoms with Crippen LogP contribution in [-0.4, -0.2) is 69.9 Å². The average Bonchev–Trinajstić information content (AvgIpc) is 3.43. The number of para-hydroxylation sites is 1. The maximum absolute atomic E-state index is 14.6. The zero-order chi connectivity index (χ0) is 39.3. The van der Waals surface area contributed by atoms with E-state index < -0.39 is 47.8 Å². The van der Waals surface area contributed by atoms with Gasteiger partial charge in [-0.3, -0.25) is 14.4 Å². The lowest BCUT2D eigenvalue weighted by molar-refractivity contribution is -0.144. The van der Waals surface area contributed by atoms with E-state index in [0.717, 1.165) is 0 Å². The van der Waals surface area contributed by atoms with Gasteiger partial charge in [0.1, 0.15) is 17.8 Å². The van der Waals surface area contributed by atoms with Gasteiger partial charge >= 0.3 is 11.9 Å². The van der Waals surface area contributed by atoms with Crippen LogP contribution < -0.4 is 24.4 Å². The first-order valence-corrected chi connectivity index (χ1v) is 17.8. The smallest absolute Gasteiger partial charge is 0.378 e. The van der Waals surface area contributed by atoms with E-state index in [4.69, 9.17) is 44.4 Å². The summed E-state index contributed by atoms with van der Waals surface area (Å²) in [5, 5.41) is 3.71. The Morgan fingerprint density at radius 1 is 0.981 bits per heavy atom. The number of nitrogens with one attached hydrogen (secondary N) is 1. The SMILES string of the molecule is CCOC(=O)c1oc2ccc(NC(=O)C[C@H]3O[C@H](c4cccc(OC)c4OC)c4cc(Cl)ccc4N(CC(C)(C)COC(C)=O)C3=O)cc2c1OC(C)C. The number of ether oxygens (including phenoxy) is 6. The van der Waals surface area contributed by atoms with Gasteiger partial charge in [-0.25, -0.2) is 4.79 Å². The van der Waals surface area contributed by atoms with Gasteiger partial charge in [0.2, 0.25) is 5.91 Å². The van der Waals surface area contributed by atoms with Crippen LogP contribution in [0.4, 0.5) is 11.4 Å². The van der Waals surface area contributed by atoms with Crippen LogP contribution in [-0.2, 0) is 28.6 Å². The Morgan fingerprint density at radius 2 is 1.74 bits per heavy atom. The predicted octanol–water partition coefficient (Wildman–Crippen LogP) is 7.51. The summed E-state index contributed by atoms with van der Waals surface area (Å²) in [7, 11) is 3.02. The Morgan fingerprint density at radius 3 is 2.41 bits per heavy atom. The molecular weight excluding hydrogens is 720 g/mol. The van der Waals surface area contributed by atoms with E-state index in [1.807, 2.05) is 27.7 Å². The molecule has 3 aromatic carbocycles. The van der Waals surface area contributed by atoms with E-state index in [2.05, 4.69) is 5.32 Å². The molecule has 1 aliphatic rings. The molecule has 1 aliphatic heterocycles. The van der Waals surface area contributed by atoms with E-state index >= 15 is 0 Å². The summed E-state index contributed by atoms with van der Waals surface area (Å²) in [6, 6.07) is 15.2. The molecule has 13 nitrogen and oxygen atoms in total. The second-order valence-corrected chi connectivity index (χ2v) is 14.2. The van der Waals surface area contributed by atoms with Crippen molar-refractivity contribution in [2.24, 2.45) is 5.41 Å². The highest BCUT2D eigenvalue weighted by molar-refractivity contribution is 6.30. The lowest BCUT2D eigenvalue weighted by Gasteiger charge is -2.33. The molecule has 0 radical (unpaired) electrons. The molecule has 0 aliphatic carbocycles. The maximum Gasteiger partial charge on any atom is 0.378 e. The zero-order valence-electron chi connectivity index (χ0n) is 31.6. The van der Waals surface area contributed by atoms with Crippen molar-refractivity contribution in [2.45, 2.75) is 66.3 Å². The van der Waals surface area contributed by atoms with Gasteiger partial charge in [0, 0.05) is 46.4 Å². The van der Waals surface area contributed by atoms with E-state index in [9.17, 15) is 19.2 Å². The molecule has 0 unspecified atom stereocenters. The normalized spacial score (nSPS) is 15.7. The number of methoxy groups -OCH3 is 2.